The van der Waals surface area contributed by atoms with Gasteiger partial charge in [-0.1, -0.05) is 47.5 Å². The molecule has 0 atom stereocenters. The zero-order valence-corrected chi connectivity index (χ0v) is 23.2. The zero-order valence-electron chi connectivity index (χ0n) is 21.7. The molecule has 1 amide bonds. The zero-order chi connectivity index (χ0) is 25.9. The van der Waals surface area contributed by atoms with Crippen LogP contribution in [0.5, 0.6) is 0 Å². The second-order valence-electron chi connectivity index (χ2n) is 12.1. The molecule has 5 aliphatic rings. The van der Waals surface area contributed by atoms with Crippen molar-refractivity contribution in [3.8, 4) is 5.69 Å². The topological polar surface area (TPSA) is 41.4 Å². The van der Waals surface area contributed by atoms with Crippen LogP contribution in [0.15, 0.2) is 54.7 Å². The van der Waals surface area contributed by atoms with Crippen LogP contribution in [0, 0.1) is 17.8 Å². The van der Waals surface area contributed by atoms with Crippen LogP contribution >= 0.6 is 23.2 Å². The lowest BCUT2D eigenvalue weighted by atomic mass is 9.48. The molecule has 38 heavy (non-hydrogen) atoms. The van der Waals surface area contributed by atoms with E-state index in [2.05, 4.69) is 17.0 Å². The Bertz CT molecular complexity index is 1290. The van der Waals surface area contributed by atoms with Crippen molar-refractivity contribution in [3.05, 3.63) is 81.6 Å². The second-order valence-corrected chi connectivity index (χ2v) is 13.0. The van der Waals surface area contributed by atoms with E-state index < -0.39 is 0 Å². The summed E-state index contributed by atoms with van der Waals surface area (Å²) < 4.78 is 1.96. The number of benzene rings is 2. The molecule has 198 valence electrons. The fraction of sp³-hybridized carbons (Fsp3) is 0.484. The molecule has 1 aliphatic heterocycles. The van der Waals surface area contributed by atoms with Crippen molar-refractivity contribution in [1.82, 2.24) is 19.6 Å². The molecule has 5 nitrogen and oxygen atoms in total. The lowest BCUT2D eigenvalue weighted by Crippen LogP contribution is -2.51. The minimum atomic E-state index is 0.0579. The van der Waals surface area contributed by atoms with Crippen LogP contribution in [0.1, 0.15) is 60.1 Å². The number of rotatable bonds is 5. The average Bonchev–Trinajstić information content (AvgIpc) is 3.37. The third-order valence-electron chi connectivity index (χ3n) is 9.61. The molecule has 5 fully saturated rings. The fourth-order valence-electron chi connectivity index (χ4n) is 8.22. The number of carbonyl (C=O) groups excluding carboxylic acids is 1. The van der Waals surface area contributed by atoms with E-state index in [1.54, 1.807) is 0 Å². The van der Waals surface area contributed by atoms with Crippen LogP contribution in [-0.4, -0.2) is 51.7 Å². The number of piperazine rings is 1. The number of amides is 1. The molecular weight excluding hydrogens is 515 g/mol. The molecule has 8 rings (SSSR count). The molecular formula is C31H34Cl2N4O. The summed E-state index contributed by atoms with van der Waals surface area (Å²) in [5, 5.41) is 6.60. The predicted molar refractivity (Wildman–Crippen MR) is 151 cm³/mol. The Balaban J connectivity index is 1.15. The fourth-order valence-corrected chi connectivity index (χ4v) is 8.74. The maximum absolute atomic E-state index is 14.1. The third-order valence-corrected chi connectivity index (χ3v) is 10.3. The Kier molecular flexibility index (Phi) is 6.29. The molecule has 1 saturated heterocycles. The van der Waals surface area contributed by atoms with E-state index in [9.17, 15) is 4.79 Å². The molecule has 1 aromatic heterocycles. The van der Waals surface area contributed by atoms with Gasteiger partial charge in [-0.15, -0.1) is 0 Å². The lowest BCUT2D eigenvalue weighted by molar-refractivity contribution is -0.00793. The number of hydrogen-bond donors (Lipinski definition) is 0. The summed E-state index contributed by atoms with van der Waals surface area (Å²) in [6.45, 7) is 3.68. The van der Waals surface area contributed by atoms with E-state index in [-0.39, 0.29) is 11.3 Å². The van der Waals surface area contributed by atoms with Gasteiger partial charge in [0.05, 0.1) is 16.9 Å². The smallest absolute Gasteiger partial charge is 0.257 e. The molecule has 0 N–H and O–H groups in total. The van der Waals surface area contributed by atoms with E-state index in [0.717, 1.165) is 53.4 Å². The largest absolute Gasteiger partial charge is 0.336 e. The van der Waals surface area contributed by atoms with Crippen LogP contribution in [0.2, 0.25) is 10.0 Å². The third kappa shape index (κ3) is 4.37. The standard InChI is InChI=1S/C31H34Cl2N4O/c32-27-7-4-8-28(33)25(27)19-35-9-11-36(12-10-35)30(38)26-20-37(24-5-2-1-3-6-24)34-29(26)31-16-21-13-22(17-31)15-23(14-21)18-31/h1-8,20-23H,9-19H2. The molecule has 2 aromatic carbocycles. The summed E-state index contributed by atoms with van der Waals surface area (Å²) in [6, 6.07) is 15.9. The first-order valence-corrected chi connectivity index (χ1v) is 14.8. The summed E-state index contributed by atoms with van der Waals surface area (Å²) in [5.74, 6) is 2.53. The Morgan fingerprint density at radius 2 is 1.45 bits per heavy atom. The predicted octanol–water partition coefficient (Wildman–Crippen LogP) is 6.60. The van der Waals surface area contributed by atoms with Crippen LogP contribution in [0.4, 0.5) is 0 Å². The summed E-state index contributed by atoms with van der Waals surface area (Å²) in [7, 11) is 0. The van der Waals surface area contributed by atoms with Gasteiger partial charge in [-0.3, -0.25) is 9.69 Å². The molecule has 3 aromatic rings. The Morgan fingerprint density at radius 3 is 2.05 bits per heavy atom. The van der Waals surface area contributed by atoms with Gasteiger partial charge in [0, 0.05) is 59.9 Å². The highest BCUT2D eigenvalue weighted by Crippen LogP contribution is 2.61. The maximum atomic E-state index is 14.1. The highest BCUT2D eigenvalue weighted by molar-refractivity contribution is 6.35. The molecule has 0 unspecified atom stereocenters. The number of hydrogen-bond acceptors (Lipinski definition) is 3. The first kappa shape index (κ1) is 24.7. The van der Waals surface area contributed by atoms with Crippen molar-refractivity contribution < 1.29 is 4.79 Å². The van der Waals surface area contributed by atoms with E-state index in [1.165, 1.54) is 38.5 Å². The van der Waals surface area contributed by atoms with E-state index in [0.29, 0.717) is 29.7 Å². The van der Waals surface area contributed by atoms with Crippen molar-refractivity contribution in [2.45, 2.75) is 50.5 Å². The molecule has 4 bridgehead atoms. The minimum Gasteiger partial charge on any atom is -0.336 e. The van der Waals surface area contributed by atoms with Gasteiger partial charge in [0.25, 0.3) is 5.91 Å². The molecule has 7 heteroatoms. The highest BCUT2D eigenvalue weighted by atomic mass is 35.5. The van der Waals surface area contributed by atoms with Crippen molar-refractivity contribution in [1.29, 1.82) is 0 Å². The van der Waals surface area contributed by atoms with Gasteiger partial charge >= 0.3 is 0 Å². The monoisotopic (exact) mass is 548 g/mol. The van der Waals surface area contributed by atoms with Gasteiger partial charge in [0.15, 0.2) is 0 Å². The number of halogens is 2. The molecule has 0 spiro atoms. The van der Waals surface area contributed by atoms with Crippen LogP contribution in [-0.2, 0) is 12.0 Å². The second kappa shape index (κ2) is 9.69. The van der Waals surface area contributed by atoms with Gasteiger partial charge in [-0.25, -0.2) is 4.68 Å². The number of aromatic nitrogens is 2. The van der Waals surface area contributed by atoms with Crippen LogP contribution in [0.3, 0.4) is 0 Å². The number of nitrogens with zero attached hydrogens (tertiary/aromatic N) is 4. The average molecular weight is 550 g/mol. The molecule has 2 heterocycles. The summed E-state index contributed by atoms with van der Waals surface area (Å²) >= 11 is 12.8. The highest BCUT2D eigenvalue weighted by Gasteiger charge is 2.54. The van der Waals surface area contributed by atoms with Crippen molar-refractivity contribution in [2.75, 3.05) is 26.2 Å². The van der Waals surface area contributed by atoms with E-state index >= 15 is 0 Å². The molecule has 4 saturated carbocycles. The minimum absolute atomic E-state index is 0.0579. The van der Waals surface area contributed by atoms with E-state index in [1.807, 2.05) is 52.2 Å². The van der Waals surface area contributed by atoms with Crippen molar-refractivity contribution in [3.63, 3.8) is 0 Å². The Hall–Kier alpha value is -2.34. The summed E-state index contributed by atoms with van der Waals surface area (Å²) in [5.41, 5.74) is 3.92. The van der Waals surface area contributed by atoms with Crippen molar-refractivity contribution >= 4 is 29.1 Å². The first-order valence-electron chi connectivity index (χ1n) is 14.1. The number of para-hydroxylation sites is 1. The summed E-state index contributed by atoms with van der Waals surface area (Å²) in [6.07, 6.45) is 9.71. The number of carbonyl (C=O) groups is 1. The SMILES string of the molecule is O=C(c1cn(-c2ccccc2)nc1C12CC3CC(CC(C3)C1)C2)N1CCN(Cc2c(Cl)cccc2Cl)CC1. The normalized spacial score (nSPS) is 28.7. The van der Waals surface area contributed by atoms with Crippen LogP contribution in [0.25, 0.3) is 5.69 Å². The Labute approximate surface area is 234 Å². The van der Waals surface area contributed by atoms with Crippen LogP contribution < -0.4 is 0 Å². The quantitative estimate of drug-likeness (QED) is 0.360. The van der Waals surface area contributed by atoms with Gasteiger partial charge < -0.3 is 4.90 Å². The first-order chi connectivity index (χ1) is 18.5. The van der Waals surface area contributed by atoms with Gasteiger partial charge in [-0.05, 0) is 80.5 Å². The lowest BCUT2D eigenvalue weighted by Gasteiger charge is -2.56. The van der Waals surface area contributed by atoms with Crippen molar-refractivity contribution in [2.24, 2.45) is 17.8 Å². The van der Waals surface area contributed by atoms with Gasteiger partial charge in [-0.2, -0.15) is 5.10 Å². The molecule has 0 radical (unpaired) electrons. The van der Waals surface area contributed by atoms with E-state index in [4.69, 9.17) is 28.3 Å². The Morgan fingerprint density at radius 1 is 0.842 bits per heavy atom. The van der Waals surface area contributed by atoms with Gasteiger partial charge in [0.1, 0.15) is 0 Å². The molecule has 4 aliphatic carbocycles. The summed E-state index contributed by atoms with van der Waals surface area (Å²) in [4.78, 5) is 18.5. The van der Waals surface area contributed by atoms with Gasteiger partial charge in [0.2, 0.25) is 0 Å². The maximum Gasteiger partial charge on any atom is 0.257 e.